The Labute approximate surface area is 119 Å². The average molecular weight is 308 g/mol. The first-order valence-corrected chi connectivity index (χ1v) is 5.99. The molecule has 2 N–H and O–H groups in total. The van der Waals surface area contributed by atoms with E-state index in [-0.39, 0.29) is 36.6 Å². The summed E-state index contributed by atoms with van der Waals surface area (Å²) in [5.74, 6) is -1.45. The molecule has 0 spiro atoms. The lowest BCUT2D eigenvalue weighted by Gasteiger charge is -2.15. The van der Waals surface area contributed by atoms with Crippen LogP contribution in [0, 0.1) is 0 Å². The van der Waals surface area contributed by atoms with Gasteiger partial charge in [-0.3, -0.25) is 4.79 Å². The van der Waals surface area contributed by atoms with Crippen LogP contribution in [0.5, 0.6) is 11.8 Å². The van der Waals surface area contributed by atoms with Crippen LogP contribution in [0.3, 0.4) is 0 Å². The van der Waals surface area contributed by atoms with Crippen molar-refractivity contribution >= 4 is 5.97 Å². The summed E-state index contributed by atoms with van der Waals surface area (Å²) in [4.78, 5) is 15.1. The molecule has 1 aromatic heterocycles. The van der Waals surface area contributed by atoms with Crippen molar-refractivity contribution in [3.05, 3.63) is 17.2 Å². The van der Waals surface area contributed by atoms with Crippen LogP contribution in [0.25, 0.3) is 0 Å². The Balaban J connectivity index is 3.21. The smallest absolute Gasteiger partial charge is 0.481 e. The number of hydrogen-bond acceptors (Lipinski definition) is 6. The first-order chi connectivity index (χ1) is 9.80. The molecule has 1 heterocycles. The summed E-state index contributed by atoms with van der Waals surface area (Å²) in [5.41, 5.74) is 5.61. The Bertz CT molecular complexity index is 506. The van der Waals surface area contributed by atoms with Crippen molar-refractivity contribution in [2.24, 2.45) is 5.73 Å². The van der Waals surface area contributed by atoms with Gasteiger partial charge in [0.2, 0.25) is 11.8 Å². The second-order valence-corrected chi connectivity index (χ2v) is 3.84. The van der Waals surface area contributed by atoms with Crippen LogP contribution in [0.4, 0.5) is 13.2 Å². The van der Waals surface area contributed by atoms with Gasteiger partial charge in [-0.05, 0) is 12.5 Å². The van der Waals surface area contributed by atoms with Crippen molar-refractivity contribution in [2.45, 2.75) is 26.3 Å². The quantitative estimate of drug-likeness (QED) is 0.803. The number of aromatic nitrogens is 1. The minimum Gasteiger partial charge on any atom is -0.481 e. The van der Waals surface area contributed by atoms with Crippen molar-refractivity contribution < 1.29 is 32.2 Å². The third kappa shape index (κ3) is 5.10. The van der Waals surface area contributed by atoms with Gasteiger partial charge in [0.05, 0.1) is 20.1 Å². The zero-order valence-corrected chi connectivity index (χ0v) is 11.5. The van der Waals surface area contributed by atoms with Crippen LogP contribution in [0.1, 0.15) is 18.1 Å². The highest BCUT2D eigenvalue weighted by atomic mass is 19.4. The molecule has 0 aromatic carbocycles. The molecular weight excluding hydrogens is 293 g/mol. The number of carbonyl (C=O) groups is 1. The summed E-state index contributed by atoms with van der Waals surface area (Å²) < 4.78 is 50.5. The lowest BCUT2D eigenvalue weighted by molar-refractivity contribution is -0.276. The molecule has 1 aromatic rings. The highest BCUT2D eigenvalue weighted by Crippen LogP contribution is 2.30. The van der Waals surface area contributed by atoms with E-state index in [2.05, 4.69) is 9.72 Å². The molecule has 0 bridgehead atoms. The Kier molecular flexibility index (Phi) is 5.77. The largest absolute Gasteiger partial charge is 0.574 e. The zero-order chi connectivity index (χ0) is 16.0. The maximum Gasteiger partial charge on any atom is 0.574 e. The molecule has 21 heavy (non-hydrogen) atoms. The fraction of sp³-hybridized carbons (Fsp3) is 0.500. The molecule has 0 atom stereocenters. The normalized spacial score (nSPS) is 11.1. The number of carbonyl (C=O) groups excluding carboxylic acids is 1. The number of pyridine rings is 1. The number of alkyl halides is 3. The van der Waals surface area contributed by atoms with Gasteiger partial charge in [0.1, 0.15) is 0 Å². The second kappa shape index (κ2) is 7.11. The van der Waals surface area contributed by atoms with Gasteiger partial charge < -0.3 is 19.9 Å². The fourth-order valence-electron chi connectivity index (χ4n) is 1.62. The van der Waals surface area contributed by atoms with Crippen LogP contribution in [0.15, 0.2) is 6.07 Å². The van der Waals surface area contributed by atoms with E-state index in [1.807, 2.05) is 0 Å². The van der Waals surface area contributed by atoms with Crippen molar-refractivity contribution in [3.63, 3.8) is 0 Å². The predicted molar refractivity (Wildman–Crippen MR) is 65.7 cm³/mol. The molecule has 0 amide bonds. The lowest BCUT2D eigenvalue weighted by atomic mass is 10.1. The highest BCUT2D eigenvalue weighted by molar-refractivity contribution is 5.73. The predicted octanol–water partition coefficient (Wildman–Crippen LogP) is 1.55. The van der Waals surface area contributed by atoms with Gasteiger partial charge in [-0.15, -0.1) is 13.2 Å². The van der Waals surface area contributed by atoms with E-state index in [0.717, 1.165) is 0 Å². The second-order valence-electron chi connectivity index (χ2n) is 3.84. The first-order valence-electron chi connectivity index (χ1n) is 5.99. The number of nitrogens with two attached hydrogens (primary N) is 1. The molecule has 1 rings (SSSR count). The number of ether oxygens (including phenoxy) is 3. The Morgan fingerprint density at radius 2 is 2.10 bits per heavy atom. The van der Waals surface area contributed by atoms with Crippen molar-refractivity contribution in [1.82, 2.24) is 4.98 Å². The van der Waals surface area contributed by atoms with Crippen LogP contribution in [-0.2, 0) is 22.5 Å². The number of halogens is 3. The number of rotatable bonds is 6. The lowest BCUT2D eigenvalue weighted by Crippen LogP contribution is -2.21. The molecule has 0 aliphatic heterocycles. The highest BCUT2D eigenvalue weighted by Gasteiger charge is 2.33. The summed E-state index contributed by atoms with van der Waals surface area (Å²) in [5, 5.41) is 0. The van der Waals surface area contributed by atoms with Gasteiger partial charge in [0.15, 0.2) is 0 Å². The van der Waals surface area contributed by atoms with Gasteiger partial charge in [0, 0.05) is 18.2 Å². The maximum atomic E-state index is 12.4. The number of esters is 1. The summed E-state index contributed by atoms with van der Waals surface area (Å²) in [6.45, 7) is 1.50. The Morgan fingerprint density at radius 1 is 1.43 bits per heavy atom. The van der Waals surface area contributed by atoms with Crippen LogP contribution >= 0.6 is 0 Å². The number of hydrogen-bond donors (Lipinski definition) is 1. The van der Waals surface area contributed by atoms with E-state index < -0.39 is 18.2 Å². The van der Waals surface area contributed by atoms with Crippen molar-refractivity contribution in [1.29, 1.82) is 0 Å². The molecule has 0 fully saturated rings. The van der Waals surface area contributed by atoms with E-state index in [4.69, 9.17) is 15.2 Å². The van der Waals surface area contributed by atoms with Gasteiger partial charge in [-0.1, -0.05) is 0 Å². The minimum absolute atomic E-state index is 0.0267. The molecule has 9 heteroatoms. The number of methoxy groups -OCH3 is 1. The van der Waals surface area contributed by atoms with E-state index in [1.165, 1.54) is 13.2 Å². The van der Waals surface area contributed by atoms with Crippen molar-refractivity contribution in [2.75, 3.05) is 13.7 Å². The molecule has 118 valence electrons. The molecule has 0 aliphatic rings. The van der Waals surface area contributed by atoms with E-state index in [1.54, 1.807) is 6.92 Å². The molecule has 0 radical (unpaired) electrons. The third-order valence-corrected chi connectivity index (χ3v) is 2.42. The SMILES string of the molecule is CCOC(=O)Cc1cc(OC)nc(OC(F)(F)F)c1CN. The summed E-state index contributed by atoms with van der Waals surface area (Å²) in [6, 6.07) is 1.32. The Hall–Kier alpha value is -2.03. The molecule has 0 saturated heterocycles. The van der Waals surface area contributed by atoms with E-state index >= 15 is 0 Å². The monoisotopic (exact) mass is 308 g/mol. The van der Waals surface area contributed by atoms with Crippen LogP contribution < -0.4 is 15.2 Å². The average Bonchev–Trinajstić information content (AvgIpc) is 2.36. The van der Waals surface area contributed by atoms with Gasteiger partial charge in [-0.25, -0.2) is 0 Å². The molecule has 0 unspecified atom stereocenters. The van der Waals surface area contributed by atoms with Crippen LogP contribution in [-0.4, -0.2) is 31.0 Å². The summed E-state index contributed by atoms with van der Waals surface area (Å²) in [6.07, 6.45) is -5.18. The first kappa shape index (κ1) is 17.0. The molecule has 6 nitrogen and oxygen atoms in total. The minimum atomic E-state index is -4.93. The van der Waals surface area contributed by atoms with Gasteiger partial charge in [-0.2, -0.15) is 4.98 Å². The van der Waals surface area contributed by atoms with E-state index in [9.17, 15) is 18.0 Å². The third-order valence-electron chi connectivity index (χ3n) is 2.42. The molecule has 0 saturated carbocycles. The van der Waals surface area contributed by atoms with E-state index in [0.29, 0.717) is 0 Å². The fourth-order valence-corrected chi connectivity index (χ4v) is 1.62. The maximum absolute atomic E-state index is 12.4. The Morgan fingerprint density at radius 3 is 2.57 bits per heavy atom. The number of nitrogens with zero attached hydrogens (tertiary/aromatic N) is 1. The van der Waals surface area contributed by atoms with Crippen molar-refractivity contribution in [3.8, 4) is 11.8 Å². The molecular formula is C12H15F3N2O4. The standard InChI is InChI=1S/C12H15F3N2O4/c1-3-20-10(18)5-7-4-9(19-2)17-11(8(7)6-16)21-12(13,14)15/h4H,3,5-6,16H2,1-2H3. The summed E-state index contributed by atoms with van der Waals surface area (Å²) >= 11 is 0. The topological polar surface area (TPSA) is 83.7 Å². The van der Waals surface area contributed by atoms with Gasteiger partial charge in [0.25, 0.3) is 0 Å². The zero-order valence-electron chi connectivity index (χ0n) is 11.5. The van der Waals surface area contributed by atoms with Gasteiger partial charge >= 0.3 is 12.3 Å². The summed E-state index contributed by atoms with van der Waals surface area (Å²) in [7, 11) is 1.23. The van der Waals surface area contributed by atoms with Crippen LogP contribution in [0.2, 0.25) is 0 Å². The molecule has 0 aliphatic carbocycles.